The summed E-state index contributed by atoms with van der Waals surface area (Å²) in [5.41, 5.74) is 8.69. The Bertz CT molecular complexity index is 732. The molecule has 1 aromatic carbocycles. The first kappa shape index (κ1) is 12.0. The quantitative estimate of drug-likeness (QED) is 0.722. The molecule has 19 heavy (non-hydrogen) atoms. The SMILES string of the molecule is Cc1nc(Sc2ccc3ncccc3c2N)oc1C. The molecule has 5 heteroatoms. The number of rotatable bonds is 2. The normalized spacial score (nSPS) is 11.1. The molecule has 96 valence electrons. The van der Waals surface area contributed by atoms with Crippen molar-refractivity contribution in [2.24, 2.45) is 0 Å². The number of anilines is 1. The Morgan fingerprint density at radius 2 is 2.05 bits per heavy atom. The van der Waals surface area contributed by atoms with E-state index in [4.69, 9.17) is 10.2 Å². The Kier molecular flexibility index (Phi) is 2.91. The Balaban J connectivity index is 2.03. The summed E-state index contributed by atoms with van der Waals surface area (Å²) in [4.78, 5) is 9.56. The van der Waals surface area contributed by atoms with E-state index in [9.17, 15) is 0 Å². The van der Waals surface area contributed by atoms with Gasteiger partial charge in [-0.15, -0.1) is 0 Å². The molecular weight excluding hydrogens is 258 g/mol. The van der Waals surface area contributed by atoms with Crippen molar-refractivity contribution >= 4 is 28.4 Å². The van der Waals surface area contributed by atoms with Gasteiger partial charge in [0.2, 0.25) is 0 Å². The van der Waals surface area contributed by atoms with Crippen LogP contribution in [0.1, 0.15) is 11.5 Å². The minimum absolute atomic E-state index is 0.616. The van der Waals surface area contributed by atoms with Crippen molar-refractivity contribution in [1.82, 2.24) is 9.97 Å². The molecule has 0 unspecified atom stereocenters. The number of hydrogen-bond acceptors (Lipinski definition) is 5. The van der Waals surface area contributed by atoms with Gasteiger partial charge in [0.25, 0.3) is 5.22 Å². The third-order valence-corrected chi connectivity index (χ3v) is 3.92. The van der Waals surface area contributed by atoms with Crippen LogP contribution < -0.4 is 5.73 Å². The van der Waals surface area contributed by atoms with Gasteiger partial charge >= 0.3 is 0 Å². The molecule has 0 radical (unpaired) electrons. The number of nitrogens with zero attached hydrogens (tertiary/aromatic N) is 2. The number of fused-ring (bicyclic) bond motifs is 1. The van der Waals surface area contributed by atoms with Crippen molar-refractivity contribution in [1.29, 1.82) is 0 Å². The van der Waals surface area contributed by atoms with Gasteiger partial charge in [0.05, 0.1) is 16.9 Å². The van der Waals surface area contributed by atoms with Crippen LogP contribution in [-0.4, -0.2) is 9.97 Å². The maximum atomic E-state index is 6.18. The first-order valence-corrected chi connectivity index (χ1v) is 6.72. The Morgan fingerprint density at radius 1 is 1.21 bits per heavy atom. The van der Waals surface area contributed by atoms with Crippen LogP contribution in [0.3, 0.4) is 0 Å². The third-order valence-electron chi connectivity index (χ3n) is 2.99. The Morgan fingerprint density at radius 3 is 2.79 bits per heavy atom. The van der Waals surface area contributed by atoms with Crippen LogP contribution in [0.4, 0.5) is 5.69 Å². The molecule has 2 heterocycles. The summed E-state index contributed by atoms with van der Waals surface area (Å²) in [5, 5.41) is 1.57. The van der Waals surface area contributed by atoms with Crippen molar-refractivity contribution in [3.8, 4) is 0 Å². The predicted molar refractivity (Wildman–Crippen MR) is 76.3 cm³/mol. The van der Waals surface area contributed by atoms with Crippen molar-refractivity contribution < 1.29 is 4.42 Å². The fourth-order valence-corrected chi connectivity index (χ4v) is 2.72. The summed E-state index contributed by atoms with van der Waals surface area (Å²) in [7, 11) is 0. The highest BCUT2D eigenvalue weighted by Crippen LogP contribution is 2.35. The zero-order valence-electron chi connectivity index (χ0n) is 10.7. The van der Waals surface area contributed by atoms with Gasteiger partial charge in [0.1, 0.15) is 5.76 Å². The van der Waals surface area contributed by atoms with E-state index < -0.39 is 0 Å². The van der Waals surface area contributed by atoms with Crippen LogP contribution in [0, 0.1) is 13.8 Å². The fraction of sp³-hybridized carbons (Fsp3) is 0.143. The van der Waals surface area contributed by atoms with E-state index >= 15 is 0 Å². The highest BCUT2D eigenvalue weighted by Gasteiger charge is 2.11. The van der Waals surface area contributed by atoms with Gasteiger partial charge < -0.3 is 10.2 Å². The van der Waals surface area contributed by atoms with Crippen molar-refractivity contribution in [2.75, 3.05) is 5.73 Å². The smallest absolute Gasteiger partial charge is 0.261 e. The van der Waals surface area contributed by atoms with E-state index in [1.165, 1.54) is 11.8 Å². The first-order valence-electron chi connectivity index (χ1n) is 5.90. The van der Waals surface area contributed by atoms with Crippen molar-refractivity contribution in [3.63, 3.8) is 0 Å². The van der Waals surface area contributed by atoms with Crippen molar-refractivity contribution in [2.45, 2.75) is 24.0 Å². The Labute approximate surface area is 115 Å². The van der Waals surface area contributed by atoms with Crippen LogP contribution in [0.5, 0.6) is 0 Å². The van der Waals surface area contributed by atoms with E-state index in [1.54, 1.807) is 6.20 Å². The van der Waals surface area contributed by atoms with Gasteiger partial charge in [-0.25, -0.2) is 4.98 Å². The topological polar surface area (TPSA) is 64.9 Å². The number of benzene rings is 1. The van der Waals surface area contributed by atoms with E-state index in [2.05, 4.69) is 9.97 Å². The predicted octanol–water partition coefficient (Wildman–Crippen LogP) is 3.57. The lowest BCUT2D eigenvalue weighted by Crippen LogP contribution is -1.91. The molecule has 0 bridgehead atoms. The highest BCUT2D eigenvalue weighted by atomic mass is 32.2. The largest absolute Gasteiger partial charge is 0.436 e. The van der Waals surface area contributed by atoms with E-state index in [0.29, 0.717) is 10.9 Å². The van der Waals surface area contributed by atoms with E-state index in [-0.39, 0.29) is 0 Å². The molecule has 0 saturated heterocycles. The van der Waals surface area contributed by atoms with Gasteiger partial charge in [-0.05, 0) is 49.9 Å². The molecule has 0 aliphatic carbocycles. The van der Waals surface area contributed by atoms with Crippen LogP contribution in [0.25, 0.3) is 10.9 Å². The van der Waals surface area contributed by atoms with Crippen LogP contribution >= 0.6 is 11.8 Å². The first-order chi connectivity index (χ1) is 9.15. The molecule has 3 rings (SSSR count). The number of oxazole rings is 1. The number of hydrogen-bond donors (Lipinski definition) is 1. The summed E-state index contributed by atoms with van der Waals surface area (Å²) >= 11 is 1.43. The molecule has 0 aliphatic rings. The lowest BCUT2D eigenvalue weighted by Gasteiger charge is -2.06. The zero-order chi connectivity index (χ0) is 13.4. The van der Waals surface area contributed by atoms with Gasteiger partial charge in [-0.3, -0.25) is 4.98 Å². The second-order valence-electron chi connectivity index (χ2n) is 4.27. The molecule has 4 nitrogen and oxygen atoms in total. The summed E-state index contributed by atoms with van der Waals surface area (Å²) in [5.74, 6) is 0.837. The van der Waals surface area contributed by atoms with Gasteiger partial charge in [-0.2, -0.15) is 0 Å². The molecule has 0 fully saturated rings. The second-order valence-corrected chi connectivity index (χ2v) is 5.26. The lowest BCUT2D eigenvalue weighted by molar-refractivity contribution is 0.431. The van der Waals surface area contributed by atoms with Crippen molar-refractivity contribution in [3.05, 3.63) is 41.9 Å². The molecule has 0 amide bonds. The number of nitrogens with two attached hydrogens (primary N) is 1. The zero-order valence-corrected chi connectivity index (χ0v) is 11.5. The van der Waals surface area contributed by atoms with Gasteiger partial charge in [-0.1, -0.05) is 0 Å². The number of nitrogen functional groups attached to an aromatic ring is 1. The molecule has 3 aromatic rings. The van der Waals surface area contributed by atoms with E-state index in [1.807, 2.05) is 38.1 Å². The summed E-state index contributed by atoms with van der Waals surface area (Å²) < 4.78 is 5.57. The highest BCUT2D eigenvalue weighted by molar-refractivity contribution is 7.99. The molecule has 0 atom stereocenters. The van der Waals surface area contributed by atoms with Crippen LogP contribution in [0.15, 0.2) is 45.0 Å². The molecular formula is C14H13N3OS. The molecule has 0 aliphatic heterocycles. The molecule has 0 saturated carbocycles. The third kappa shape index (κ3) is 2.17. The fourth-order valence-electron chi connectivity index (χ4n) is 1.83. The summed E-state index contributed by atoms with van der Waals surface area (Å²) in [6, 6.07) is 7.75. The number of pyridine rings is 1. The minimum atomic E-state index is 0.616. The van der Waals surface area contributed by atoms with E-state index in [0.717, 1.165) is 27.3 Å². The summed E-state index contributed by atoms with van der Waals surface area (Å²) in [6.45, 7) is 3.83. The molecule has 2 aromatic heterocycles. The minimum Gasteiger partial charge on any atom is -0.436 e. The second kappa shape index (κ2) is 4.59. The van der Waals surface area contributed by atoms with Crippen LogP contribution in [0.2, 0.25) is 0 Å². The number of aromatic nitrogens is 2. The van der Waals surface area contributed by atoms with Gasteiger partial charge in [0, 0.05) is 16.5 Å². The monoisotopic (exact) mass is 271 g/mol. The number of aryl methyl sites for hydroxylation is 2. The maximum Gasteiger partial charge on any atom is 0.261 e. The molecule has 2 N–H and O–H groups in total. The Hall–Kier alpha value is -2.01. The van der Waals surface area contributed by atoms with Gasteiger partial charge in [0.15, 0.2) is 0 Å². The molecule has 0 spiro atoms. The average Bonchev–Trinajstić information content (AvgIpc) is 2.72. The average molecular weight is 271 g/mol. The standard InChI is InChI=1S/C14H13N3OS/c1-8-9(2)18-14(17-8)19-12-6-5-11-10(13(12)15)4-3-7-16-11/h3-7H,15H2,1-2H3. The van der Waals surface area contributed by atoms with Crippen LogP contribution in [-0.2, 0) is 0 Å². The summed E-state index contributed by atoms with van der Waals surface area (Å²) in [6.07, 6.45) is 1.76. The lowest BCUT2D eigenvalue weighted by atomic mass is 10.2. The maximum absolute atomic E-state index is 6.18.